The van der Waals surface area contributed by atoms with Crippen molar-refractivity contribution >= 4 is 5.91 Å². The average Bonchev–Trinajstić information content (AvgIpc) is 2.58. The molecule has 0 spiro atoms. The van der Waals surface area contributed by atoms with Gasteiger partial charge in [-0.15, -0.1) is 0 Å². The zero-order chi connectivity index (χ0) is 18.4. The Labute approximate surface area is 147 Å². The number of ether oxygens (including phenoxy) is 2. The molecular formula is C19H24N2O4. The normalized spacial score (nSPS) is 11.8. The van der Waals surface area contributed by atoms with E-state index in [1.807, 2.05) is 44.2 Å². The van der Waals surface area contributed by atoms with Crippen LogP contribution < -0.4 is 15.6 Å². The lowest BCUT2D eigenvalue weighted by Gasteiger charge is -2.14. The fourth-order valence-corrected chi connectivity index (χ4v) is 2.48. The first kappa shape index (κ1) is 18.7. The second-order valence-electron chi connectivity index (χ2n) is 5.97. The molecule has 0 aliphatic carbocycles. The van der Waals surface area contributed by atoms with Crippen molar-refractivity contribution in [3.05, 3.63) is 63.1 Å². The van der Waals surface area contributed by atoms with Crippen LogP contribution in [0.15, 0.2) is 35.1 Å². The van der Waals surface area contributed by atoms with E-state index in [4.69, 9.17) is 9.47 Å². The van der Waals surface area contributed by atoms with Crippen molar-refractivity contribution in [1.82, 2.24) is 10.3 Å². The second-order valence-corrected chi connectivity index (χ2v) is 5.97. The Hall–Kier alpha value is -2.60. The second kappa shape index (κ2) is 8.48. The highest BCUT2D eigenvalue weighted by Gasteiger charge is 2.15. The summed E-state index contributed by atoms with van der Waals surface area (Å²) >= 11 is 0. The van der Waals surface area contributed by atoms with Crippen LogP contribution in [-0.4, -0.2) is 24.1 Å². The molecule has 1 amide bonds. The molecule has 2 N–H and O–H groups in total. The van der Waals surface area contributed by atoms with Crippen molar-refractivity contribution < 1.29 is 14.3 Å². The monoisotopic (exact) mass is 344 g/mol. The van der Waals surface area contributed by atoms with Crippen LogP contribution in [0.2, 0.25) is 0 Å². The number of nitrogens with one attached hydrogen (secondary N) is 2. The van der Waals surface area contributed by atoms with Gasteiger partial charge in [0.05, 0.1) is 13.7 Å². The Morgan fingerprint density at radius 1 is 1.28 bits per heavy atom. The predicted molar refractivity (Wildman–Crippen MR) is 95.6 cm³/mol. The number of hydrogen-bond donors (Lipinski definition) is 2. The van der Waals surface area contributed by atoms with Gasteiger partial charge in [-0.1, -0.05) is 12.1 Å². The Bertz CT molecular complexity index is 798. The topological polar surface area (TPSA) is 80.4 Å². The molecule has 1 aromatic heterocycles. The molecule has 1 atom stereocenters. The SMILES string of the molecule is COc1cccc(CO[C@@H](C)C(=O)NCc2c(C)cc(C)[nH]c2=O)c1. The smallest absolute Gasteiger partial charge is 0.253 e. The number of rotatable bonds is 7. The van der Waals surface area contributed by atoms with E-state index in [1.165, 1.54) is 0 Å². The summed E-state index contributed by atoms with van der Waals surface area (Å²) in [7, 11) is 1.60. The van der Waals surface area contributed by atoms with Gasteiger partial charge in [-0.3, -0.25) is 9.59 Å². The third kappa shape index (κ3) is 5.19. The maximum absolute atomic E-state index is 12.2. The van der Waals surface area contributed by atoms with Crippen LogP contribution in [0.1, 0.15) is 29.3 Å². The number of amides is 1. The molecule has 0 radical (unpaired) electrons. The van der Waals surface area contributed by atoms with Crippen LogP contribution in [0.4, 0.5) is 0 Å². The molecule has 0 unspecified atom stereocenters. The summed E-state index contributed by atoms with van der Waals surface area (Å²) in [6, 6.07) is 9.36. The molecule has 0 bridgehead atoms. The third-order valence-electron chi connectivity index (χ3n) is 3.94. The zero-order valence-electron chi connectivity index (χ0n) is 15.0. The van der Waals surface area contributed by atoms with Crippen LogP contribution in [0.5, 0.6) is 5.75 Å². The molecule has 0 fully saturated rings. The molecule has 1 heterocycles. The molecule has 0 aliphatic heterocycles. The fourth-order valence-electron chi connectivity index (χ4n) is 2.48. The summed E-state index contributed by atoms with van der Waals surface area (Å²) in [6.07, 6.45) is -0.629. The lowest BCUT2D eigenvalue weighted by Crippen LogP contribution is -2.35. The van der Waals surface area contributed by atoms with Gasteiger partial charge in [0.1, 0.15) is 11.9 Å². The van der Waals surface area contributed by atoms with Gasteiger partial charge in [0, 0.05) is 17.8 Å². The quantitative estimate of drug-likeness (QED) is 0.807. The number of carbonyl (C=O) groups excluding carboxylic acids is 1. The van der Waals surface area contributed by atoms with E-state index in [0.29, 0.717) is 12.2 Å². The van der Waals surface area contributed by atoms with Crippen LogP contribution >= 0.6 is 0 Å². The summed E-state index contributed by atoms with van der Waals surface area (Å²) in [5, 5.41) is 2.75. The van der Waals surface area contributed by atoms with Gasteiger partial charge in [0.15, 0.2) is 0 Å². The molecule has 134 valence electrons. The van der Waals surface area contributed by atoms with Gasteiger partial charge in [-0.25, -0.2) is 0 Å². The lowest BCUT2D eigenvalue weighted by molar-refractivity contribution is -0.132. The number of carbonyl (C=O) groups is 1. The minimum absolute atomic E-state index is 0.174. The van der Waals surface area contributed by atoms with Gasteiger partial charge in [0.2, 0.25) is 5.91 Å². The number of benzene rings is 1. The minimum atomic E-state index is -0.629. The number of aryl methyl sites for hydroxylation is 2. The van der Waals surface area contributed by atoms with E-state index >= 15 is 0 Å². The first-order valence-corrected chi connectivity index (χ1v) is 8.12. The first-order chi connectivity index (χ1) is 11.9. The Balaban J connectivity index is 1.89. The Morgan fingerprint density at radius 2 is 2.04 bits per heavy atom. The average molecular weight is 344 g/mol. The first-order valence-electron chi connectivity index (χ1n) is 8.12. The fraction of sp³-hybridized carbons (Fsp3) is 0.368. The molecule has 1 aromatic carbocycles. The van der Waals surface area contributed by atoms with Crippen LogP contribution in [0, 0.1) is 13.8 Å². The van der Waals surface area contributed by atoms with E-state index in [9.17, 15) is 9.59 Å². The van der Waals surface area contributed by atoms with E-state index < -0.39 is 6.10 Å². The molecule has 2 rings (SSSR count). The summed E-state index contributed by atoms with van der Waals surface area (Å²) in [5.41, 5.74) is 2.95. The number of H-pyrrole nitrogens is 1. The van der Waals surface area contributed by atoms with Crippen molar-refractivity contribution in [2.75, 3.05) is 7.11 Å². The van der Waals surface area contributed by atoms with E-state index in [-0.39, 0.29) is 18.0 Å². The molecule has 2 aromatic rings. The Kier molecular flexibility index (Phi) is 6.36. The number of hydrogen-bond acceptors (Lipinski definition) is 4. The largest absolute Gasteiger partial charge is 0.497 e. The van der Waals surface area contributed by atoms with Gasteiger partial charge in [-0.2, -0.15) is 0 Å². The Morgan fingerprint density at radius 3 is 2.72 bits per heavy atom. The van der Waals surface area contributed by atoms with Crippen LogP contribution in [-0.2, 0) is 22.7 Å². The molecule has 6 heteroatoms. The molecule has 0 saturated heterocycles. The molecule has 6 nitrogen and oxygen atoms in total. The summed E-state index contributed by atoms with van der Waals surface area (Å²) < 4.78 is 10.8. The summed E-state index contributed by atoms with van der Waals surface area (Å²) in [4.78, 5) is 26.9. The number of methoxy groups -OCH3 is 1. The molecule has 0 aliphatic rings. The standard InChI is InChI=1S/C19H24N2O4/c1-12-8-13(2)21-19(23)17(12)10-20-18(22)14(3)25-11-15-6-5-7-16(9-15)24-4/h5-9,14H,10-11H2,1-4H3,(H,20,22)(H,21,23)/t14-/m0/s1. The van der Waals surface area contributed by atoms with E-state index in [1.54, 1.807) is 14.0 Å². The van der Waals surface area contributed by atoms with Gasteiger partial charge in [0.25, 0.3) is 5.56 Å². The summed E-state index contributed by atoms with van der Waals surface area (Å²) in [5.74, 6) is 0.481. The van der Waals surface area contributed by atoms with Crippen molar-refractivity contribution in [2.24, 2.45) is 0 Å². The zero-order valence-corrected chi connectivity index (χ0v) is 15.0. The van der Waals surface area contributed by atoms with Crippen molar-refractivity contribution in [3.8, 4) is 5.75 Å². The molecule has 25 heavy (non-hydrogen) atoms. The molecule has 0 saturated carbocycles. The number of aromatic nitrogens is 1. The van der Waals surface area contributed by atoms with Crippen molar-refractivity contribution in [2.45, 2.75) is 40.0 Å². The number of aromatic amines is 1. The highest BCUT2D eigenvalue weighted by molar-refractivity contribution is 5.80. The minimum Gasteiger partial charge on any atom is -0.497 e. The highest BCUT2D eigenvalue weighted by atomic mass is 16.5. The van der Waals surface area contributed by atoms with Crippen molar-refractivity contribution in [1.29, 1.82) is 0 Å². The molecular weight excluding hydrogens is 320 g/mol. The maximum atomic E-state index is 12.2. The summed E-state index contributed by atoms with van der Waals surface area (Å²) in [6.45, 7) is 5.84. The van der Waals surface area contributed by atoms with Crippen molar-refractivity contribution in [3.63, 3.8) is 0 Å². The maximum Gasteiger partial charge on any atom is 0.253 e. The van der Waals surface area contributed by atoms with Gasteiger partial charge < -0.3 is 19.8 Å². The van der Waals surface area contributed by atoms with Gasteiger partial charge >= 0.3 is 0 Å². The number of pyridine rings is 1. The van der Waals surface area contributed by atoms with E-state index in [0.717, 1.165) is 22.6 Å². The predicted octanol–water partition coefficient (Wildman–Crippen LogP) is 2.22. The van der Waals surface area contributed by atoms with E-state index in [2.05, 4.69) is 10.3 Å². The third-order valence-corrected chi connectivity index (χ3v) is 3.94. The van der Waals surface area contributed by atoms with Crippen LogP contribution in [0.3, 0.4) is 0 Å². The lowest BCUT2D eigenvalue weighted by atomic mass is 10.1. The highest BCUT2D eigenvalue weighted by Crippen LogP contribution is 2.14. The van der Waals surface area contributed by atoms with Crippen LogP contribution in [0.25, 0.3) is 0 Å². The van der Waals surface area contributed by atoms with Gasteiger partial charge in [-0.05, 0) is 50.1 Å².